The number of rotatable bonds is 3. The molecule has 0 bridgehead atoms. The molecule has 110 valence electrons. The Labute approximate surface area is 124 Å². The van der Waals surface area contributed by atoms with Gasteiger partial charge in [-0.3, -0.25) is 4.99 Å². The topological polar surface area (TPSA) is 41.6 Å². The first kappa shape index (κ1) is 15.1. The standard InChI is InChI=1S/C15H21ClFN3/c1-11-5-8-20(9-6-11)15(18)19-7-4-12-2-3-13(17)10-14(12)16/h2-3,10-11H,4-9H2,1H3,(H2,18,19). The minimum atomic E-state index is -0.316. The van der Waals surface area contributed by atoms with Crippen LogP contribution in [0.1, 0.15) is 25.3 Å². The van der Waals surface area contributed by atoms with Crippen LogP contribution in [0.25, 0.3) is 0 Å². The van der Waals surface area contributed by atoms with E-state index in [-0.39, 0.29) is 5.82 Å². The lowest BCUT2D eigenvalue weighted by molar-refractivity contribution is 0.277. The fraction of sp³-hybridized carbons (Fsp3) is 0.533. The molecule has 3 nitrogen and oxygen atoms in total. The number of aliphatic imine (C=N–C) groups is 1. The number of guanidine groups is 1. The Morgan fingerprint density at radius 3 is 2.80 bits per heavy atom. The zero-order valence-electron chi connectivity index (χ0n) is 11.8. The summed E-state index contributed by atoms with van der Waals surface area (Å²) in [6.07, 6.45) is 3.00. The fourth-order valence-corrected chi connectivity index (χ4v) is 2.61. The van der Waals surface area contributed by atoms with E-state index in [1.54, 1.807) is 6.07 Å². The molecule has 1 aliphatic rings. The van der Waals surface area contributed by atoms with Gasteiger partial charge in [-0.05, 0) is 42.9 Å². The summed E-state index contributed by atoms with van der Waals surface area (Å²) in [5.74, 6) is 1.07. The quantitative estimate of drug-likeness (QED) is 0.688. The molecule has 0 amide bonds. The summed E-state index contributed by atoms with van der Waals surface area (Å²) in [6.45, 7) is 4.80. The van der Waals surface area contributed by atoms with Crippen LogP contribution in [0.2, 0.25) is 5.02 Å². The number of hydrogen-bond donors (Lipinski definition) is 1. The summed E-state index contributed by atoms with van der Waals surface area (Å²) in [5, 5.41) is 0.450. The third kappa shape index (κ3) is 4.10. The van der Waals surface area contributed by atoms with Crippen LogP contribution in [0.4, 0.5) is 4.39 Å². The number of nitrogens with zero attached hydrogens (tertiary/aromatic N) is 2. The Hall–Kier alpha value is -1.29. The number of hydrogen-bond acceptors (Lipinski definition) is 1. The Morgan fingerprint density at radius 2 is 2.15 bits per heavy atom. The van der Waals surface area contributed by atoms with Crippen molar-refractivity contribution in [3.63, 3.8) is 0 Å². The lowest BCUT2D eigenvalue weighted by Gasteiger charge is -2.31. The lowest BCUT2D eigenvalue weighted by atomic mass is 10.00. The highest BCUT2D eigenvalue weighted by atomic mass is 35.5. The summed E-state index contributed by atoms with van der Waals surface area (Å²) < 4.78 is 12.9. The van der Waals surface area contributed by atoms with E-state index in [2.05, 4.69) is 16.8 Å². The normalized spacial score (nSPS) is 17.6. The second kappa shape index (κ2) is 6.93. The third-order valence-corrected chi connectivity index (χ3v) is 4.13. The number of benzene rings is 1. The summed E-state index contributed by atoms with van der Waals surface area (Å²) in [7, 11) is 0. The van der Waals surface area contributed by atoms with Gasteiger partial charge >= 0.3 is 0 Å². The van der Waals surface area contributed by atoms with Crippen molar-refractivity contribution in [3.8, 4) is 0 Å². The number of halogens is 2. The maximum Gasteiger partial charge on any atom is 0.191 e. The average Bonchev–Trinajstić information content (AvgIpc) is 2.42. The van der Waals surface area contributed by atoms with E-state index >= 15 is 0 Å². The highest BCUT2D eigenvalue weighted by Gasteiger charge is 2.16. The van der Waals surface area contributed by atoms with Crippen molar-refractivity contribution in [2.24, 2.45) is 16.6 Å². The largest absolute Gasteiger partial charge is 0.370 e. The molecule has 0 atom stereocenters. The molecule has 1 aromatic rings. The predicted molar refractivity (Wildman–Crippen MR) is 81.6 cm³/mol. The van der Waals surface area contributed by atoms with Crippen LogP contribution in [-0.4, -0.2) is 30.5 Å². The van der Waals surface area contributed by atoms with E-state index in [1.807, 2.05) is 0 Å². The van der Waals surface area contributed by atoms with Crippen molar-refractivity contribution in [1.82, 2.24) is 4.90 Å². The maximum atomic E-state index is 12.9. The van der Waals surface area contributed by atoms with Crippen molar-refractivity contribution in [2.75, 3.05) is 19.6 Å². The van der Waals surface area contributed by atoms with Crippen LogP contribution in [-0.2, 0) is 6.42 Å². The molecule has 20 heavy (non-hydrogen) atoms. The van der Waals surface area contributed by atoms with Gasteiger partial charge in [-0.1, -0.05) is 24.6 Å². The first-order chi connectivity index (χ1) is 9.56. The minimum Gasteiger partial charge on any atom is -0.370 e. The molecule has 0 aromatic heterocycles. The van der Waals surface area contributed by atoms with E-state index in [1.165, 1.54) is 25.0 Å². The second-order valence-corrected chi connectivity index (χ2v) is 5.80. The molecular formula is C15H21ClFN3. The fourth-order valence-electron chi connectivity index (χ4n) is 2.35. The molecule has 2 rings (SSSR count). The Bertz CT molecular complexity index is 482. The van der Waals surface area contributed by atoms with Gasteiger partial charge in [0, 0.05) is 24.7 Å². The molecule has 1 heterocycles. The molecule has 1 aromatic carbocycles. The molecule has 0 aliphatic carbocycles. The van der Waals surface area contributed by atoms with Gasteiger partial charge in [-0.15, -0.1) is 0 Å². The number of piperidine rings is 1. The van der Waals surface area contributed by atoms with E-state index in [4.69, 9.17) is 17.3 Å². The van der Waals surface area contributed by atoms with Gasteiger partial charge in [0.25, 0.3) is 0 Å². The monoisotopic (exact) mass is 297 g/mol. The smallest absolute Gasteiger partial charge is 0.191 e. The van der Waals surface area contributed by atoms with Crippen molar-refractivity contribution < 1.29 is 4.39 Å². The van der Waals surface area contributed by atoms with Crippen LogP contribution in [0.15, 0.2) is 23.2 Å². The molecular weight excluding hydrogens is 277 g/mol. The summed E-state index contributed by atoms with van der Waals surface area (Å²) in [5.41, 5.74) is 6.90. The molecule has 0 unspecified atom stereocenters. The van der Waals surface area contributed by atoms with Crippen molar-refractivity contribution in [1.29, 1.82) is 0 Å². The molecule has 1 saturated heterocycles. The molecule has 1 fully saturated rings. The number of nitrogens with two attached hydrogens (primary N) is 1. The summed E-state index contributed by atoms with van der Waals surface area (Å²) >= 11 is 5.98. The maximum absolute atomic E-state index is 12.9. The van der Waals surface area contributed by atoms with Gasteiger partial charge in [0.15, 0.2) is 5.96 Å². The third-order valence-electron chi connectivity index (χ3n) is 3.78. The molecule has 0 spiro atoms. The van der Waals surface area contributed by atoms with Crippen LogP contribution in [0.3, 0.4) is 0 Å². The SMILES string of the molecule is CC1CCN(C(N)=NCCc2ccc(F)cc2Cl)CC1. The van der Waals surface area contributed by atoms with Crippen LogP contribution < -0.4 is 5.73 Å². The molecule has 0 radical (unpaired) electrons. The second-order valence-electron chi connectivity index (χ2n) is 5.40. The van der Waals surface area contributed by atoms with Crippen molar-refractivity contribution in [3.05, 3.63) is 34.6 Å². The Morgan fingerprint density at radius 1 is 1.45 bits per heavy atom. The van der Waals surface area contributed by atoms with Crippen molar-refractivity contribution in [2.45, 2.75) is 26.2 Å². The lowest BCUT2D eigenvalue weighted by Crippen LogP contribution is -2.42. The zero-order chi connectivity index (χ0) is 14.5. The first-order valence-electron chi connectivity index (χ1n) is 7.05. The summed E-state index contributed by atoms with van der Waals surface area (Å²) in [4.78, 5) is 6.53. The molecule has 2 N–H and O–H groups in total. The van der Waals surface area contributed by atoms with Crippen LogP contribution >= 0.6 is 11.6 Å². The first-order valence-corrected chi connectivity index (χ1v) is 7.43. The predicted octanol–water partition coefficient (Wildman–Crippen LogP) is 3.07. The number of likely N-dealkylation sites (tertiary alicyclic amines) is 1. The van der Waals surface area contributed by atoms with Crippen LogP contribution in [0, 0.1) is 11.7 Å². The van der Waals surface area contributed by atoms with E-state index in [0.29, 0.717) is 23.9 Å². The molecule has 0 saturated carbocycles. The molecule has 5 heteroatoms. The summed E-state index contributed by atoms with van der Waals surface area (Å²) in [6, 6.07) is 4.45. The minimum absolute atomic E-state index is 0.316. The van der Waals surface area contributed by atoms with Gasteiger partial charge in [0.2, 0.25) is 0 Å². The highest BCUT2D eigenvalue weighted by molar-refractivity contribution is 6.31. The van der Waals surface area contributed by atoms with Gasteiger partial charge in [0.05, 0.1) is 0 Å². The van der Waals surface area contributed by atoms with Crippen LogP contribution in [0.5, 0.6) is 0 Å². The van der Waals surface area contributed by atoms with Gasteiger partial charge in [0.1, 0.15) is 5.82 Å². The molecule has 1 aliphatic heterocycles. The Kier molecular flexibility index (Phi) is 5.24. The van der Waals surface area contributed by atoms with E-state index in [9.17, 15) is 4.39 Å². The van der Waals surface area contributed by atoms with E-state index in [0.717, 1.165) is 24.6 Å². The van der Waals surface area contributed by atoms with Gasteiger partial charge in [-0.25, -0.2) is 4.39 Å². The van der Waals surface area contributed by atoms with Crippen molar-refractivity contribution >= 4 is 17.6 Å². The van der Waals surface area contributed by atoms with E-state index < -0.39 is 0 Å². The van der Waals surface area contributed by atoms with Gasteiger partial charge in [-0.2, -0.15) is 0 Å². The zero-order valence-corrected chi connectivity index (χ0v) is 12.5. The average molecular weight is 298 g/mol. The van der Waals surface area contributed by atoms with Gasteiger partial charge < -0.3 is 10.6 Å². The Balaban J connectivity index is 1.86. The highest BCUT2D eigenvalue weighted by Crippen LogP contribution is 2.18.